The summed E-state index contributed by atoms with van der Waals surface area (Å²) in [5.41, 5.74) is 0. The number of hydrogen-bond donors (Lipinski definition) is 0. The zero-order chi connectivity index (χ0) is 9.03. The van der Waals surface area contributed by atoms with Crippen LogP contribution < -0.4 is 0 Å². The molecule has 0 spiro atoms. The second-order valence-electron chi connectivity index (χ2n) is 3.72. The molecule has 0 unspecified atom stereocenters. The molecule has 12 heavy (non-hydrogen) atoms. The van der Waals surface area contributed by atoms with E-state index in [2.05, 4.69) is 45.1 Å². The molecule has 0 radical (unpaired) electrons. The maximum absolute atomic E-state index is 2.43. The first-order chi connectivity index (χ1) is 5.79. The first-order valence-corrected chi connectivity index (χ1v) is 10.8. The Morgan fingerprint density at radius 2 is 1.33 bits per heavy atom. The zero-order valence-corrected chi connectivity index (χ0v) is 10.6. The summed E-state index contributed by atoms with van der Waals surface area (Å²) in [6.45, 7) is 7.19. The van der Waals surface area contributed by atoms with Crippen molar-refractivity contribution in [2.75, 3.05) is 0 Å². The molecule has 0 amide bonds. The fourth-order valence-corrected chi connectivity index (χ4v) is 10.6. The Labute approximate surface area is 79.1 Å². The van der Waals surface area contributed by atoms with E-state index in [4.69, 9.17) is 0 Å². The molecule has 0 bridgehead atoms. The number of hydrogen-bond acceptors (Lipinski definition) is 0. The minimum absolute atomic E-state index is 0.880. The van der Waals surface area contributed by atoms with Crippen LogP contribution in [0.4, 0.5) is 0 Å². The molecule has 68 valence electrons. The molecule has 0 aromatic carbocycles. The molecule has 1 aliphatic rings. The van der Waals surface area contributed by atoms with Gasteiger partial charge in [-0.1, -0.05) is 0 Å². The standard InChI is InChI=1S/C11H20Ge/c1-4-12(5-2,6-3)11-9-7-8-10-11/h7-11H,4-6H2,1-3H3. The normalized spacial score (nSPS) is 17.6. The molecule has 0 saturated heterocycles. The Kier molecular flexibility index (Phi) is 3.63. The van der Waals surface area contributed by atoms with Crippen molar-refractivity contribution >= 4 is 13.3 Å². The molecule has 1 aliphatic carbocycles. The molecule has 0 aromatic rings. The van der Waals surface area contributed by atoms with Gasteiger partial charge in [-0.15, -0.1) is 0 Å². The fraction of sp³-hybridized carbons (Fsp3) is 0.636. The average molecular weight is 225 g/mol. The number of rotatable bonds is 4. The van der Waals surface area contributed by atoms with E-state index in [0.717, 1.165) is 4.75 Å². The van der Waals surface area contributed by atoms with Crippen LogP contribution in [0.15, 0.2) is 24.3 Å². The van der Waals surface area contributed by atoms with Crippen LogP contribution >= 0.6 is 0 Å². The third kappa shape index (κ3) is 1.68. The van der Waals surface area contributed by atoms with Crippen molar-refractivity contribution in [1.29, 1.82) is 0 Å². The van der Waals surface area contributed by atoms with Gasteiger partial charge < -0.3 is 0 Å². The molecule has 1 rings (SSSR count). The summed E-state index contributed by atoms with van der Waals surface area (Å²) in [7, 11) is 0. The Balaban J connectivity index is 2.76. The van der Waals surface area contributed by atoms with Gasteiger partial charge in [0.25, 0.3) is 0 Å². The average Bonchev–Trinajstić information content (AvgIpc) is 2.62. The Hall–Kier alpha value is 0.0229. The van der Waals surface area contributed by atoms with Crippen molar-refractivity contribution in [1.82, 2.24) is 0 Å². The van der Waals surface area contributed by atoms with Crippen molar-refractivity contribution in [3.8, 4) is 0 Å². The molecule has 0 N–H and O–H groups in total. The van der Waals surface area contributed by atoms with Crippen LogP contribution in [-0.4, -0.2) is 13.3 Å². The van der Waals surface area contributed by atoms with Gasteiger partial charge in [0.1, 0.15) is 0 Å². The molecule has 0 saturated carbocycles. The predicted molar refractivity (Wildman–Crippen MR) is 59.2 cm³/mol. The van der Waals surface area contributed by atoms with Crippen LogP contribution in [0.2, 0.25) is 20.5 Å². The molecule has 1 heteroatoms. The van der Waals surface area contributed by atoms with Crippen LogP contribution in [0.3, 0.4) is 0 Å². The summed E-state index contributed by atoms with van der Waals surface area (Å²) in [4.78, 5) is 0. The summed E-state index contributed by atoms with van der Waals surface area (Å²) < 4.78 is 0.880. The van der Waals surface area contributed by atoms with Crippen LogP contribution in [0, 0.1) is 0 Å². The topological polar surface area (TPSA) is 0 Å². The second kappa shape index (κ2) is 4.31. The van der Waals surface area contributed by atoms with E-state index in [1.165, 1.54) is 15.8 Å². The fourth-order valence-electron chi connectivity index (χ4n) is 2.30. The van der Waals surface area contributed by atoms with Crippen molar-refractivity contribution in [2.45, 2.75) is 41.3 Å². The summed E-state index contributed by atoms with van der Waals surface area (Å²) in [6.07, 6.45) is 9.31. The first kappa shape index (κ1) is 10.1. The van der Waals surface area contributed by atoms with E-state index < -0.39 is 13.3 Å². The molecule has 0 atom stereocenters. The van der Waals surface area contributed by atoms with Gasteiger partial charge in [-0.2, -0.15) is 0 Å². The second-order valence-corrected chi connectivity index (χ2v) is 15.3. The third-order valence-corrected chi connectivity index (χ3v) is 16.2. The van der Waals surface area contributed by atoms with Crippen molar-refractivity contribution in [3.63, 3.8) is 0 Å². The van der Waals surface area contributed by atoms with Crippen molar-refractivity contribution in [2.24, 2.45) is 0 Å². The summed E-state index contributed by atoms with van der Waals surface area (Å²) >= 11 is -1.48. The van der Waals surface area contributed by atoms with Gasteiger partial charge >= 0.3 is 78.9 Å². The van der Waals surface area contributed by atoms with Gasteiger partial charge in [-0.05, 0) is 0 Å². The molecule has 0 aromatic heterocycles. The van der Waals surface area contributed by atoms with E-state index >= 15 is 0 Å². The molecular weight excluding hydrogens is 205 g/mol. The quantitative estimate of drug-likeness (QED) is 0.634. The first-order valence-electron chi connectivity index (χ1n) is 5.14. The summed E-state index contributed by atoms with van der Waals surface area (Å²) in [5.74, 6) is 0. The Morgan fingerprint density at radius 3 is 1.67 bits per heavy atom. The van der Waals surface area contributed by atoms with Crippen molar-refractivity contribution < 1.29 is 0 Å². The van der Waals surface area contributed by atoms with Crippen molar-refractivity contribution in [3.05, 3.63) is 24.3 Å². The van der Waals surface area contributed by atoms with Gasteiger partial charge in [0.2, 0.25) is 0 Å². The summed E-state index contributed by atoms with van der Waals surface area (Å²) in [6, 6.07) is 0. The monoisotopic (exact) mass is 226 g/mol. The van der Waals surface area contributed by atoms with Crippen LogP contribution in [0.5, 0.6) is 0 Å². The third-order valence-electron chi connectivity index (χ3n) is 3.57. The number of allylic oxidation sites excluding steroid dienone is 4. The van der Waals surface area contributed by atoms with E-state index in [1.807, 2.05) is 0 Å². The van der Waals surface area contributed by atoms with Gasteiger partial charge in [-0.3, -0.25) is 0 Å². The van der Waals surface area contributed by atoms with E-state index in [1.54, 1.807) is 0 Å². The van der Waals surface area contributed by atoms with E-state index in [9.17, 15) is 0 Å². The molecular formula is C11H20Ge. The Bertz CT molecular complexity index is 167. The SMILES string of the molecule is C[CH2][Ge]([CH2]C)([CH2]C)[CH]1C=CC=C1. The van der Waals surface area contributed by atoms with E-state index in [0.29, 0.717) is 0 Å². The Morgan fingerprint density at radius 1 is 0.917 bits per heavy atom. The van der Waals surface area contributed by atoms with Crippen LogP contribution in [0.1, 0.15) is 20.8 Å². The van der Waals surface area contributed by atoms with E-state index in [-0.39, 0.29) is 0 Å². The van der Waals surface area contributed by atoms with Gasteiger partial charge in [0.05, 0.1) is 0 Å². The molecule has 0 fully saturated rings. The van der Waals surface area contributed by atoms with Gasteiger partial charge in [0.15, 0.2) is 0 Å². The molecule has 0 nitrogen and oxygen atoms in total. The van der Waals surface area contributed by atoms with Crippen LogP contribution in [0.25, 0.3) is 0 Å². The zero-order valence-electron chi connectivity index (χ0n) is 8.51. The maximum atomic E-state index is 2.43. The predicted octanol–water partition coefficient (Wildman–Crippen LogP) is 3.99. The van der Waals surface area contributed by atoms with Gasteiger partial charge in [0, 0.05) is 0 Å². The van der Waals surface area contributed by atoms with Crippen LogP contribution in [-0.2, 0) is 0 Å². The minimum atomic E-state index is -1.48. The molecule has 0 heterocycles. The summed E-state index contributed by atoms with van der Waals surface area (Å²) in [5, 5.41) is 4.44. The molecule has 0 aliphatic heterocycles. The van der Waals surface area contributed by atoms with Gasteiger partial charge in [-0.25, -0.2) is 0 Å².